The highest BCUT2D eigenvalue weighted by atomic mass is 16.5. The maximum absolute atomic E-state index is 11.0. The van der Waals surface area contributed by atoms with Gasteiger partial charge in [-0.25, -0.2) is 0 Å². The van der Waals surface area contributed by atoms with Gasteiger partial charge in [-0.05, 0) is 25.7 Å². The zero-order valence-electron chi connectivity index (χ0n) is 6.91. The smallest absolute Gasteiger partial charge is 0.294 e. The van der Waals surface area contributed by atoms with E-state index in [1.165, 1.54) is 0 Å². The summed E-state index contributed by atoms with van der Waals surface area (Å²) in [6, 6.07) is 0. The van der Waals surface area contributed by atoms with Crippen LogP contribution in [0.25, 0.3) is 0 Å². The first kappa shape index (κ1) is 9.03. The van der Waals surface area contributed by atoms with Gasteiger partial charge >= 0.3 is 0 Å². The van der Waals surface area contributed by atoms with Gasteiger partial charge in [-0.15, -0.1) is 0 Å². The zero-order chi connectivity index (χ0) is 9.03. The molecule has 2 N–H and O–H groups in total. The number of nitrogens with two attached hydrogens (primary N) is 1. The van der Waals surface area contributed by atoms with Gasteiger partial charge in [0.15, 0.2) is 5.60 Å². The van der Waals surface area contributed by atoms with Crippen LogP contribution >= 0.6 is 0 Å². The van der Waals surface area contributed by atoms with Crippen molar-refractivity contribution in [3.8, 4) is 0 Å². The molecular weight excluding hydrogens is 158 g/mol. The average molecular weight is 171 g/mol. The second-order valence-electron chi connectivity index (χ2n) is 3.13. The Morgan fingerprint density at radius 3 is 2.33 bits per heavy atom. The molecule has 0 unspecified atom stereocenters. The molecule has 0 saturated heterocycles. The minimum absolute atomic E-state index is 0.316. The number of ether oxygens (including phenoxy) is 1. The summed E-state index contributed by atoms with van der Waals surface area (Å²) in [5.74, 6) is -0.519. The van der Waals surface area contributed by atoms with Crippen molar-refractivity contribution in [2.24, 2.45) is 5.73 Å². The number of hydrogen-bond acceptors (Lipinski definition) is 3. The topological polar surface area (TPSA) is 69.4 Å². The van der Waals surface area contributed by atoms with Crippen molar-refractivity contribution in [1.29, 1.82) is 0 Å². The fourth-order valence-electron chi connectivity index (χ4n) is 1.64. The van der Waals surface area contributed by atoms with E-state index in [1.54, 1.807) is 0 Å². The van der Waals surface area contributed by atoms with Crippen molar-refractivity contribution in [2.45, 2.75) is 37.7 Å². The predicted octanol–water partition coefficient (Wildman–Crippen LogP) is 0.348. The third kappa shape index (κ3) is 1.57. The van der Waals surface area contributed by atoms with E-state index in [1.807, 2.05) is 0 Å². The first-order valence-corrected chi connectivity index (χ1v) is 4.13. The van der Waals surface area contributed by atoms with Gasteiger partial charge in [0.25, 0.3) is 12.4 Å². The fourth-order valence-corrected chi connectivity index (χ4v) is 1.64. The van der Waals surface area contributed by atoms with Crippen LogP contribution in [0.4, 0.5) is 0 Å². The first-order chi connectivity index (χ1) is 5.71. The number of hydrogen-bond donors (Lipinski definition) is 1. The standard InChI is InChI=1S/C8H13NO3/c9-7(11)8(12-6-10)4-2-1-3-5-8/h6H,1-5H2,(H2,9,11). The second-order valence-corrected chi connectivity index (χ2v) is 3.13. The number of carbonyl (C=O) groups excluding carboxylic acids is 2. The fraction of sp³-hybridized carbons (Fsp3) is 0.750. The van der Waals surface area contributed by atoms with Crippen molar-refractivity contribution in [3.05, 3.63) is 0 Å². The summed E-state index contributed by atoms with van der Waals surface area (Å²) >= 11 is 0. The largest absolute Gasteiger partial charge is 0.451 e. The van der Waals surface area contributed by atoms with Crippen molar-refractivity contribution in [1.82, 2.24) is 0 Å². The van der Waals surface area contributed by atoms with Crippen molar-refractivity contribution < 1.29 is 14.3 Å². The molecule has 0 aromatic rings. The van der Waals surface area contributed by atoms with E-state index in [9.17, 15) is 9.59 Å². The summed E-state index contributed by atoms with van der Waals surface area (Å²) in [6.45, 7) is 0.316. The van der Waals surface area contributed by atoms with Crippen LogP contribution in [0.2, 0.25) is 0 Å². The molecule has 0 aromatic carbocycles. The lowest BCUT2D eigenvalue weighted by atomic mass is 9.84. The molecule has 0 aliphatic heterocycles. The molecule has 0 bridgehead atoms. The Morgan fingerprint density at radius 1 is 1.33 bits per heavy atom. The summed E-state index contributed by atoms with van der Waals surface area (Å²) < 4.78 is 4.78. The zero-order valence-corrected chi connectivity index (χ0v) is 6.91. The summed E-state index contributed by atoms with van der Waals surface area (Å²) in [5.41, 5.74) is 4.17. The van der Waals surface area contributed by atoms with Crippen LogP contribution < -0.4 is 5.73 Å². The predicted molar refractivity (Wildman–Crippen MR) is 42.2 cm³/mol. The number of primary amides is 1. The van der Waals surface area contributed by atoms with Crippen LogP contribution in [0.1, 0.15) is 32.1 Å². The molecule has 1 aliphatic rings. The Hall–Kier alpha value is -1.06. The minimum atomic E-state index is -1.00. The molecule has 0 radical (unpaired) electrons. The van der Waals surface area contributed by atoms with Crippen LogP contribution in [0.15, 0.2) is 0 Å². The lowest BCUT2D eigenvalue weighted by Crippen LogP contribution is -2.47. The lowest BCUT2D eigenvalue weighted by Gasteiger charge is -2.31. The van der Waals surface area contributed by atoms with E-state index in [-0.39, 0.29) is 0 Å². The molecule has 0 aromatic heterocycles. The molecule has 0 heterocycles. The number of amides is 1. The van der Waals surface area contributed by atoms with E-state index in [0.29, 0.717) is 19.3 Å². The maximum atomic E-state index is 11.0. The van der Waals surface area contributed by atoms with Crippen LogP contribution in [-0.2, 0) is 14.3 Å². The van der Waals surface area contributed by atoms with Gasteiger partial charge in [-0.3, -0.25) is 9.59 Å². The van der Waals surface area contributed by atoms with Crippen LogP contribution in [0.5, 0.6) is 0 Å². The molecule has 4 nitrogen and oxygen atoms in total. The molecule has 1 saturated carbocycles. The molecule has 1 fully saturated rings. The Labute approximate surface area is 71.1 Å². The summed E-state index contributed by atoms with van der Waals surface area (Å²) in [4.78, 5) is 21.2. The van der Waals surface area contributed by atoms with Crippen molar-refractivity contribution >= 4 is 12.4 Å². The Bertz CT molecular complexity index is 185. The van der Waals surface area contributed by atoms with Crippen molar-refractivity contribution in [3.63, 3.8) is 0 Å². The first-order valence-electron chi connectivity index (χ1n) is 4.13. The highest BCUT2D eigenvalue weighted by molar-refractivity contribution is 5.84. The van der Waals surface area contributed by atoms with Crippen LogP contribution in [0, 0.1) is 0 Å². The van der Waals surface area contributed by atoms with E-state index in [0.717, 1.165) is 19.3 Å². The second kappa shape index (κ2) is 3.56. The van der Waals surface area contributed by atoms with Gasteiger partial charge < -0.3 is 10.5 Å². The van der Waals surface area contributed by atoms with Crippen LogP contribution in [-0.4, -0.2) is 18.0 Å². The molecular formula is C8H13NO3. The summed E-state index contributed by atoms with van der Waals surface area (Å²) in [6.07, 6.45) is 4.02. The lowest BCUT2D eigenvalue weighted by molar-refractivity contribution is -0.159. The third-order valence-corrected chi connectivity index (χ3v) is 2.38. The minimum Gasteiger partial charge on any atom is -0.451 e. The maximum Gasteiger partial charge on any atom is 0.294 e. The van der Waals surface area contributed by atoms with E-state index < -0.39 is 11.5 Å². The van der Waals surface area contributed by atoms with Gasteiger partial charge in [-0.1, -0.05) is 6.42 Å². The highest BCUT2D eigenvalue weighted by Crippen LogP contribution is 2.30. The molecule has 1 rings (SSSR count). The molecule has 4 heteroatoms. The quantitative estimate of drug-likeness (QED) is 0.623. The molecule has 0 spiro atoms. The Kier molecular flexibility index (Phi) is 2.68. The molecule has 12 heavy (non-hydrogen) atoms. The van der Waals surface area contributed by atoms with Gasteiger partial charge in [0.1, 0.15) is 0 Å². The van der Waals surface area contributed by atoms with Crippen molar-refractivity contribution in [2.75, 3.05) is 0 Å². The van der Waals surface area contributed by atoms with E-state index in [4.69, 9.17) is 10.5 Å². The average Bonchev–Trinajstić information content (AvgIpc) is 2.06. The monoisotopic (exact) mass is 171 g/mol. The normalized spacial score (nSPS) is 21.3. The van der Waals surface area contributed by atoms with Gasteiger partial charge in [0.2, 0.25) is 0 Å². The summed E-state index contributed by atoms with van der Waals surface area (Å²) in [7, 11) is 0. The molecule has 0 atom stereocenters. The molecule has 1 aliphatic carbocycles. The summed E-state index contributed by atoms with van der Waals surface area (Å²) in [5, 5.41) is 0. The Morgan fingerprint density at radius 2 is 1.92 bits per heavy atom. The Balaban J connectivity index is 2.69. The van der Waals surface area contributed by atoms with E-state index in [2.05, 4.69) is 0 Å². The van der Waals surface area contributed by atoms with Gasteiger partial charge in [0, 0.05) is 0 Å². The highest BCUT2D eigenvalue weighted by Gasteiger charge is 2.39. The van der Waals surface area contributed by atoms with Gasteiger partial charge in [-0.2, -0.15) is 0 Å². The number of rotatable bonds is 3. The SMILES string of the molecule is NC(=O)C1(OC=O)CCCCC1. The van der Waals surface area contributed by atoms with E-state index >= 15 is 0 Å². The van der Waals surface area contributed by atoms with Gasteiger partial charge in [0.05, 0.1) is 0 Å². The number of carbonyl (C=O) groups is 2. The third-order valence-electron chi connectivity index (χ3n) is 2.38. The van der Waals surface area contributed by atoms with Crippen LogP contribution in [0.3, 0.4) is 0 Å². The molecule has 68 valence electrons. The molecule has 1 amide bonds.